The van der Waals surface area contributed by atoms with E-state index in [1.54, 1.807) is 6.08 Å². The first-order chi connectivity index (χ1) is 7.15. The summed E-state index contributed by atoms with van der Waals surface area (Å²) in [5.41, 5.74) is 1.35. The van der Waals surface area contributed by atoms with Crippen molar-refractivity contribution < 1.29 is 0 Å². The minimum absolute atomic E-state index is 0.556. The van der Waals surface area contributed by atoms with Crippen LogP contribution in [-0.2, 0) is 0 Å². The summed E-state index contributed by atoms with van der Waals surface area (Å²) in [7, 11) is 0. The molecule has 0 aromatic carbocycles. The molecule has 0 radical (unpaired) electrons. The Morgan fingerprint density at radius 1 is 1.53 bits per heavy atom. The van der Waals surface area contributed by atoms with Crippen molar-refractivity contribution in [1.82, 2.24) is 5.32 Å². The molecular formula is C12H19N3. The second kappa shape index (κ2) is 7.81. The van der Waals surface area contributed by atoms with Gasteiger partial charge >= 0.3 is 0 Å². The fraction of sp³-hybridized carbons (Fsp3) is 0.500. The quantitative estimate of drug-likeness (QED) is 0.247. The Morgan fingerprint density at radius 2 is 2.20 bits per heavy atom. The molecule has 0 fully saturated rings. The number of nitrogens with zero attached hydrogens (tertiary/aromatic N) is 2. The minimum atomic E-state index is 0.556. The molecule has 0 saturated carbocycles. The Morgan fingerprint density at radius 3 is 2.67 bits per heavy atom. The molecule has 0 bridgehead atoms. The zero-order valence-corrected chi connectivity index (χ0v) is 9.80. The molecule has 1 N–H and O–H groups in total. The van der Waals surface area contributed by atoms with Gasteiger partial charge in [-0.1, -0.05) is 19.9 Å². The van der Waals surface area contributed by atoms with Gasteiger partial charge in [0.15, 0.2) is 0 Å². The van der Waals surface area contributed by atoms with E-state index in [9.17, 15) is 0 Å². The first-order valence-corrected chi connectivity index (χ1v) is 5.17. The SMILES string of the molecule is C=C/C(C#N)=C(/C)NC(C)=NCCCC. The molecule has 0 aromatic heterocycles. The molecule has 0 aliphatic carbocycles. The van der Waals surface area contributed by atoms with Gasteiger partial charge in [-0.25, -0.2) is 0 Å². The lowest BCUT2D eigenvalue weighted by atomic mass is 10.2. The predicted molar refractivity (Wildman–Crippen MR) is 64.5 cm³/mol. The van der Waals surface area contributed by atoms with Crippen molar-refractivity contribution in [2.75, 3.05) is 6.54 Å². The predicted octanol–water partition coefficient (Wildman–Crippen LogP) is 2.78. The largest absolute Gasteiger partial charge is 0.347 e. The molecule has 0 spiro atoms. The third kappa shape index (κ3) is 5.69. The van der Waals surface area contributed by atoms with E-state index in [-0.39, 0.29) is 0 Å². The number of rotatable bonds is 5. The Labute approximate surface area is 92.2 Å². The van der Waals surface area contributed by atoms with Crippen LogP contribution in [0.1, 0.15) is 33.6 Å². The second-order valence-electron chi connectivity index (χ2n) is 3.30. The average Bonchev–Trinajstić information content (AvgIpc) is 2.20. The van der Waals surface area contributed by atoms with Crippen LogP contribution in [0.25, 0.3) is 0 Å². The first-order valence-electron chi connectivity index (χ1n) is 5.17. The summed E-state index contributed by atoms with van der Waals surface area (Å²) in [6, 6.07) is 2.07. The molecule has 82 valence electrons. The van der Waals surface area contributed by atoms with Crippen LogP contribution in [0.4, 0.5) is 0 Å². The third-order valence-corrected chi connectivity index (χ3v) is 1.96. The summed E-state index contributed by atoms with van der Waals surface area (Å²) in [6.45, 7) is 10.3. The number of hydrogen-bond acceptors (Lipinski definition) is 2. The molecule has 0 aliphatic rings. The molecule has 0 rings (SSSR count). The number of amidine groups is 1. The van der Waals surface area contributed by atoms with Crippen molar-refractivity contribution in [3.8, 4) is 6.07 Å². The summed E-state index contributed by atoms with van der Waals surface area (Å²) in [5.74, 6) is 0.843. The summed E-state index contributed by atoms with van der Waals surface area (Å²) < 4.78 is 0. The van der Waals surface area contributed by atoms with Gasteiger partial charge in [-0.3, -0.25) is 4.99 Å². The van der Waals surface area contributed by atoms with Crippen LogP contribution < -0.4 is 5.32 Å². The maximum atomic E-state index is 8.76. The van der Waals surface area contributed by atoms with Gasteiger partial charge in [0, 0.05) is 12.2 Å². The lowest BCUT2D eigenvalue weighted by Gasteiger charge is -2.06. The van der Waals surface area contributed by atoms with Crippen LogP contribution in [0.3, 0.4) is 0 Å². The second-order valence-corrected chi connectivity index (χ2v) is 3.30. The zero-order valence-electron chi connectivity index (χ0n) is 9.80. The molecule has 0 heterocycles. The third-order valence-electron chi connectivity index (χ3n) is 1.96. The Balaban J connectivity index is 4.35. The van der Waals surface area contributed by atoms with Gasteiger partial charge in [-0.15, -0.1) is 0 Å². The molecule has 3 nitrogen and oxygen atoms in total. The summed E-state index contributed by atoms with van der Waals surface area (Å²) in [6.07, 6.45) is 3.78. The van der Waals surface area contributed by atoms with Crippen LogP contribution in [0.2, 0.25) is 0 Å². The maximum absolute atomic E-state index is 8.76. The molecule has 0 aromatic rings. The number of nitriles is 1. The van der Waals surface area contributed by atoms with E-state index < -0.39 is 0 Å². The molecule has 3 heteroatoms. The van der Waals surface area contributed by atoms with Crippen molar-refractivity contribution in [1.29, 1.82) is 5.26 Å². The normalized spacial score (nSPS) is 12.8. The number of nitrogens with one attached hydrogen (secondary N) is 1. The first kappa shape index (κ1) is 13.4. The smallest absolute Gasteiger partial charge is 0.101 e. The highest BCUT2D eigenvalue weighted by Gasteiger charge is 1.97. The molecule has 0 aliphatic heterocycles. The highest BCUT2D eigenvalue weighted by atomic mass is 15.0. The van der Waals surface area contributed by atoms with Crippen molar-refractivity contribution in [2.45, 2.75) is 33.6 Å². The molecule has 0 saturated heterocycles. The Kier molecular flexibility index (Phi) is 7.00. The van der Waals surface area contributed by atoms with Crippen LogP contribution in [0.5, 0.6) is 0 Å². The van der Waals surface area contributed by atoms with Gasteiger partial charge in [0.25, 0.3) is 0 Å². The van der Waals surface area contributed by atoms with Gasteiger partial charge in [0.2, 0.25) is 0 Å². The number of unbranched alkanes of at least 4 members (excludes halogenated alkanes) is 1. The summed E-state index contributed by atoms with van der Waals surface area (Å²) >= 11 is 0. The van der Waals surface area contributed by atoms with E-state index in [1.807, 2.05) is 13.8 Å². The Bertz CT molecular complexity index is 305. The van der Waals surface area contributed by atoms with Gasteiger partial charge in [0.1, 0.15) is 6.07 Å². The fourth-order valence-corrected chi connectivity index (χ4v) is 1.07. The van der Waals surface area contributed by atoms with E-state index in [4.69, 9.17) is 5.26 Å². The van der Waals surface area contributed by atoms with Gasteiger partial charge in [-0.2, -0.15) is 5.26 Å². The molecule has 0 amide bonds. The van der Waals surface area contributed by atoms with Crippen LogP contribution in [-0.4, -0.2) is 12.4 Å². The molecular weight excluding hydrogens is 186 g/mol. The lowest BCUT2D eigenvalue weighted by Crippen LogP contribution is -2.19. The van der Waals surface area contributed by atoms with E-state index >= 15 is 0 Å². The van der Waals surface area contributed by atoms with Gasteiger partial charge in [-0.05, 0) is 26.3 Å². The summed E-state index contributed by atoms with van der Waals surface area (Å²) in [4.78, 5) is 4.33. The summed E-state index contributed by atoms with van der Waals surface area (Å²) in [5, 5.41) is 11.8. The van der Waals surface area contributed by atoms with E-state index in [0.717, 1.165) is 30.9 Å². The van der Waals surface area contributed by atoms with Crippen molar-refractivity contribution in [2.24, 2.45) is 4.99 Å². The van der Waals surface area contributed by atoms with Crippen LogP contribution in [0.15, 0.2) is 28.9 Å². The zero-order chi connectivity index (χ0) is 11.7. The molecule has 15 heavy (non-hydrogen) atoms. The van der Waals surface area contributed by atoms with E-state index in [2.05, 4.69) is 29.9 Å². The standard InChI is InChI=1S/C12H19N3/c1-5-7-8-14-11(4)15-10(3)12(6-2)9-13/h6H,2,5,7-8H2,1,3-4H3,(H,14,15)/b12-10+. The fourth-order valence-electron chi connectivity index (χ4n) is 1.07. The van der Waals surface area contributed by atoms with E-state index in [1.165, 1.54) is 0 Å². The Hall–Kier alpha value is -1.56. The van der Waals surface area contributed by atoms with Gasteiger partial charge < -0.3 is 5.32 Å². The average molecular weight is 205 g/mol. The minimum Gasteiger partial charge on any atom is -0.347 e. The lowest BCUT2D eigenvalue weighted by molar-refractivity contribution is 0.803. The number of allylic oxidation sites excluding steroid dienone is 3. The number of aliphatic imine (C=N–C) groups is 1. The van der Waals surface area contributed by atoms with Crippen molar-refractivity contribution in [3.63, 3.8) is 0 Å². The van der Waals surface area contributed by atoms with Crippen molar-refractivity contribution >= 4 is 5.84 Å². The van der Waals surface area contributed by atoms with E-state index in [0.29, 0.717) is 5.57 Å². The van der Waals surface area contributed by atoms with Gasteiger partial charge in [0.05, 0.1) is 11.4 Å². The topological polar surface area (TPSA) is 48.2 Å². The monoisotopic (exact) mass is 205 g/mol. The molecule has 0 unspecified atom stereocenters. The molecule has 0 atom stereocenters. The van der Waals surface area contributed by atoms with Crippen LogP contribution >= 0.6 is 0 Å². The van der Waals surface area contributed by atoms with Crippen LogP contribution in [0, 0.1) is 11.3 Å². The highest BCUT2D eigenvalue weighted by Crippen LogP contribution is 2.00. The maximum Gasteiger partial charge on any atom is 0.101 e. The number of hydrogen-bond donors (Lipinski definition) is 1. The van der Waals surface area contributed by atoms with Crippen molar-refractivity contribution in [3.05, 3.63) is 23.9 Å². The highest BCUT2D eigenvalue weighted by molar-refractivity contribution is 5.81.